The normalized spacial score (nSPS) is 11.9. The van der Waals surface area contributed by atoms with Gasteiger partial charge in [-0.15, -0.1) is 0 Å². The van der Waals surface area contributed by atoms with Crippen molar-refractivity contribution in [3.8, 4) is 5.75 Å². The number of amides is 2. The maximum absolute atomic E-state index is 13.9. The van der Waals surface area contributed by atoms with Gasteiger partial charge in [0.25, 0.3) is 0 Å². The Bertz CT molecular complexity index is 1330. The van der Waals surface area contributed by atoms with E-state index >= 15 is 0 Å². The molecule has 0 saturated carbocycles. The number of hydrogen-bond acceptors (Lipinski definition) is 5. The maximum Gasteiger partial charge on any atom is 0.244 e. The van der Waals surface area contributed by atoms with Gasteiger partial charge in [0.2, 0.25) is 21.8 Å². The van der Waals surface area contributed by atoms with Crippen LogP contribution in [0.5, 0.6) is 5.75 Å². The molecule has 1 N–H and O–H groups in total. The summed E-state index contributed by atoms with van der Waals surface area (Å²) < 4.78 is 31.8. The van der Waals surface area contributed by atoms with Gasteiger partial charge in [-0.05, 0) is 54.4 Å². The molecule has 0 aromatic heterocycles. The number of rotatable bonds is 12. The second-order valence-electron chi connectivity index (χ2n) is 8.72. The van der Waals surface area contributed by atoms with Crippen molar-refractivity contribution in [3.05, 3.63) is 95.0 Å². The monoisotopic (exact) mass is 557 g/mol. The third-order valence-electron chi connectivity index (χ3n) is 5.90. The van der Waals surface area contributed by atoms with Crippen LogP contribution >= 0.6 is 11.6 Å². The molecule has 0 saturated heterocycles. The molecule has 0 aliphatic carbocycles. The summed E-state index contributed by atoms with van der Waals surface area (Å²) in [6.45, 7) is 1.77. The summed E-state index contributed by atoms with van der Waals surface area (Å²) in [5.74, 6) is -0.253. The molecule has 2 amide bonds. The second kappa shape index (κ2) is 13.3. The number of sulfonamides is 1. The predicted octanol–water partition coefficient (Wildman–Crippen LogP) is 3.89. The Labute approximate surface area is 229 Å². The highest BCUT2D eigenvalue weighted by Crippen LogP contribution is 2.23. The first-order valence-electron chi connectivity index (χ1n) is 12.1. The first kappa shape index (κ1) is 29.0. The van der Waals surface area contributed by atoms with Crippen LogP contribution in [0.2, 0.25) is 5.02 Å². The highest BCUT2D eigenvalue weighted by molar-refractivity contribution is 7.92. The molecule has 202 valence electrons. The van der Waals surface area contributed by atoms with Crippen LogP contribution in [-0.4, -0.2) is 57.6 Å². The van der Waals surface area contributed by atoms with E-state index in [4.69, 9.17) is 16.3 Å². The van der Waals surface area contributed by atoms with Gasteiger partial charge in [-0.3, -0.25) is 13.9 Å². The number of ether oxygens (including phenoxy) is 1. The third-order valence-corrected chi connectivity index (χ3v) is 7.30. The van der Waals surface area contributed by atoms with Crippen molar-refractivity contribution >= 4 is 39.1 Å². The summed E-state index contributed by atoms with van der Waals surface area (Å²) in [7, 11) is -2.29. The topological polar surface area (TPSA) is 96.0 Å². The molecule has 10 heteroatoms. The van der Waals surface area contributed by atoms with Gasteiger partial charge >= 0.3 is 0 Å². The fourth-order valence-corrected chi connectivity index (χ4v) is 5.01. The zero-order valence-electron chi connectivity index (χ0n) is 21.6. The van der Waals surface area contributed by atoms with E-state index < -0.39 is 28.5 Å². The molecule has 0 aliphatic heterocycles. The largest absolute Gasteiger partial charge is 0.497 e. The van der Waals surface area contributed by atoms with Crippen LogP contribution in [0, 0.1) is 0 Å². The molecule has 3 rings (SSSR count). The van der Waals surface area contributed by atoms with Crippen molar-refractivity contribution in [1.82, 2.24) is 10.2 Å². The van der Waals surface area contributed by atoms with Crippen LogP contribution in [0.15, 0.2) is 78.9 Å². The van der Waals surface area contributed by atoms with Crippen LogP contribution in [-0.2, 0) is 32.6 Å². The molecule has 38 heavy (non-hydrogen) atoms. The van der Waals surface area contributed by atoms with Crippen molar-refractivity contribution in [2.75, 3.05) is 30.8 Å². The highest BCUT2D eigenvalue weighted by Gasteiger charge is 2.32. The van der Waals surface area contributed by atoms with Crippen molar-refractivity contribution in [3.63, 3.8) is 0 Å². The zero-order chi connectivity index (χ0) is 27.7. The number of benzene rings is 3. The Balaban J connectivity index is 2.04. The molecule has 0 heterocycles. The van der Waals surface area contributed by atoms with Gasteiger partial charge in [0, 0.05) is 24.5 Å². The quantitative estimate of drug-likeness (QED) is 0.364. The number of carbonyl (C=O) groups excluding carboxylic acids is 2. The first-order chi connectivity index (χ1) is 18.1. The summed E-state index contributed by atoms with van der Waals surface area (Å²) in [5, 5.41) is 3.26. The molecule has 0 bridgehead atoms. The number of halogens is 1. The van der Waals surface area contributed by atoms with Gasteiger partial charge in [-0.25, -0.2) is 8.42 Å². The third kappa shape index (κ3) is 7.97. The number of anilines is 1. The van der Waals surface area contributed by atoms with E-state index in [9.17, 15) is 18.0 Å². The van der Waals surface area contributed by atoms with Gasteiger partial charge in [0.15, 0.2) is 0 Å². The van der Waals surface area contributed by atoms with Crippen molar-refractivity contribution in [2.45, 2.75) is 25.9 Å². The smallest absolute Gasteiger partial charge is 0.244 e. The molecule has 3 aromatic rings. The van der Waals surface area contributed by atoms with Gasteiger partial charge < -0.3 is 15.0 Å². The molecule has 3 aromatic carbocycles. The lowest BCUT2D eigenvalue weighted by atomic mass is 10.0. The maximum atomic E-state index is 13.9. The summed E-state index contributed by atoms with van der Waals surface area (Å²) in [4.78, 5) is 28.7. The van der Waals surface area contributed by atoms with Gasteiger partial charge in [-0.1, -0.05) is 54.1 Å². The van der Waals surface area contributed by atoms with E-state index in [2.05, 4.69) is 5.32 Å². The molecule has 0 aliphatic rings. The van der Waals surface area contributed by atoms with Gasteiger partial charge in [0.1, 0.15) is 18.3 Å². The molecule has 0 fully saturated rings. The molecular formula is C28H32ClN3O5S. The van der Waals surface area contributed by atoms with Crippen molar-refractivity contribution in [2.24, 2.45) is 0 Å². The minimum Gasteiger partial charge on any atom is -0.497 e. The zero-order valence-corrected chi connectivity index (χ0v) is 23.2. The number of nitrogens with one attached hydrogen (secondary N) is 1. The second-order valence-corrected chi connectivity index (χ2v) is 11.1. The van der Waals surface area contributed by atoms with Crippen LogP contribution < -0.4 is 14.4 Å². The van der Waals surface area contributed by atoms with Crippen LogP contribution in [0.25, 0.3) is 0 Å². The molecule has 8 nitrogen and oxygen atoms in total. The number of likely N-dealkylation sites (N-methyl/N-ethyl adjacent to an activating group) is 1. The van der Waals surface area contributed by atoms with Gasteiger partial charge in [0.05, 0.1) is 19.1 Å². The Kier molecular flexibility index (Phi) is 10.2. The standard InChI is InChI=1S/C28H32ClN3O5S/c1-4-30-28(34)26(18-21-9-6-5-7-10-21)31(19-22-11-8-12-25(17-22)37-2)27(33)20-32(38(3,35)36)24-15-13-23(29)14-16-24/h5-17,26H,4,18-20H2,1-3H3,(H,30,34)/t26-/m1/s1. The van der Waals surface area contributed by atoms with E-state index in [1.165, 1.54) is 17.0 Å². The lowest BCUT2D eigenvalue weighted by Gasteiger charge is -2.33. The Hall–Kier alpha value is -3.56. The van der Waals surface area contributed by atoms with E-state index in [0.29, 0.717) is 23.0 Å². The van der Waals surface area contributed by atoms with E-state index in [1.54, 1.807) is 44.4 Å². The Morgan fingerprint density at radius 3 is 2.24 bits per heavy atom. The molecule has 0 radical (unpaired) electrons. The lowest BCUT2D eigenvalue weighted by Crippen LogP contribution is -2.53. The van der Waals surface area contributed by atoms with Gasteiger partial charge in [-0.2, -0.15) is 0 Å². The van der Waals surface area contributed by atoms with Crippen LogP contribution in [0.1, 0.15) is 18.1 Å². The molecule has 1 atom stereocenters. The fraction of sp³-hybridized carbons (Fsp3) is 0.286. The minimum absolute atomic E-state index is 0.0723. The van der Waals surface area contributed by atoms with E-state index in [0.717, 1.165) is 21.7 Å². The number of carbonyl (C=O) groups is 2. The SMILES string of the molecule is CCNC(=O)[C@@H](Cc1ccccc1)N(Cc1cccc(OC)c1)C(=O)CN(c1ccc(Cl)cc1)S(C)(=O)=O. The van der Waals surface area contributed by atoms with Crippen LogP contribution in [0.3, 0.4) is 0 Å². The average molecular weight is 558 g/mol. The number of methoxy groups -OCH3 is 1. The van der Waals surface area contributed by atoms with Crippen molar-refractivity contribution < 1.29 is 22.7 Å². The Morgan fingerprint density at radius 2 is 1.63 bits per heavy atom. The molecular weight excluding hydrogens is 526 g/mol. The van der Waals surface area contributed by atoms with Crippen LogP contribution in [0.4, 0.5) is 5.69 Å². The van der Waals surface area contributed by atoms with E-state index in [-0.39, 0.29) is 18.9 Å². The predicted molar refractivity (Wildman–Crippen MR) is 150 cm³/mol. The summed E-state index contributed by atoms with van der Waals surface area (Å²) >= 11 is 5.99. The fourth-order valence-electron chi connectivity index (χ4n) is 4.03. The first-order valence-corrected chi connectivity index (χ1v) is 14.3. The molecule has 0 unspecified atom stereocenters. The highest BCUT2D eigenvalue weighted by atomic mass is 35.5. The van der Waals surface area contributed by atoms with Crippen molar-refractivity contribution in [1.29, 1.82) is 0 Å². The summed E-state index contributed by atoms with van der Waals surface area (Å²) in [6, 6.07) is 21.9. The Morgan fingerprint density at radius 1 is 0.974 bits per heavy atom. The lowest BCUT2D eigenvalue weighted by molar-refractivity contribution is -0.140. The minimum atomic E-state index is -3.84. The molecule has 0 spiro atoms. The average Bonchev–Trinajstić information content (AvgIpc) is 2.90. The van der Waals surface area contributed by atoms with E-state index in [1.807, 2.05) is 36.4 Å². The number of hydrogen-bond donors (Lipinski definition) is 1. The summed E-state index contributed by atoms with van der Waals surface area (Å²) in [6.07, 6.45) is 1.29. The summed E-state index contributed by atoms with van der Waals surface area (Å²) in [5.41, 5.74) is 1.89. The number of nitrogens with zero attached hydrogens (tertiary/aromatic N) is 2.